The van der Waals surface area contributed by atoms with Crippen LogP contribution in [-0.4, -0.2) is 153 Å². The van der Waals surface area contributed by atoms with Gasteiger partial charge in [-0.25, -0.2) is 9.59 Å². The summed E-state index contributed by atoms with van der Waals surface area (Å²) in [4.78, 5) is 128. The lowest BCUT2D eigenvalue weighted by molar-refractivity contribution is -0.345. The van der Waals surface area contributed by atoms with Crippen LogP contribution in [0.2, 0.25) is 0 Å². The lowest BCUT2D eigenvalue weighted by Gasteiger charge is -2.48. The van der Waals surface area contributed by atoms with E-state index in [2.05, 4.69) is 10.6 Å². The van der Waals surface area contributed by atoms with Gasteiger partial charge in [-0.2, -0.15) is 0 Å². The maximum Gasteiger partial charge on any atom is 0.407 e. The van der Waals surface area contributed by atoms with E-state index in [1.807, 2.05) is 48.5 Å². The van der Waals surface area contributed by atoms with Gasteiger partial charge in [-0.15, -0.1) is 0 Å². The third-order valence-electron chi connectivity index (χ3n) is 11.2. The quantitative estimate of drug-likeness (QED) is 0.151. The molecule has 0 radical (unpaired) electrons. The highest BCUT2D eigenvalue weighted by atomic mass is 16.8. The molecular formula is C50H62N2O22. The maximum atomic E-state index is 14.0. The van der Waals surface area contributed by atoms with Crippen molar-refractivity contribution in [2.75, 3.05) is 19.8 Å². The Morgan fingerprint density at radius 3 is 1.50 bits per heavy atom. The maximum absolute atomic E-state index is 14.0. The first-order chi connectivity index (χ1) is 34.8. The van der Waals surface area contributed by atoms with Crippen LogP contribution in [-0.2, 0) is 100.0 Å². The van der Waals surface area contributed by atoms with Gasteiger partial charge in [-0.3, -0.25) is 38.4 Å². The smallest absolute Gasteiger partial charge is 0.407 e. The Morgan fingerprint density at radius 1 is 0.541 bits per heavy atom. The number of carbonyl (C=O) groups is 10. The average molecular weight is 1040 g/mol. The molecule has 2 aliphatic heterocycles. The predicted octanol–water partition coefficient (Wildman–Crippen LogP) is 2.75. The number of fused-ring (bicyclic) bond motifs is 3. The molecule has 2 saturated heterocycles. The second kappa shape index (κ2) is 25.7. The normalized spacial score (nSPS) is 24.5. The van der Waals surface area contributed by atoms with Gasteiger partial charge in [0.15, 0.2) is 43.0 Å². The Kier molecular flexibility index (Phi) is 20.0. The van der Waals surface area contributed by atoms with Crippen LogP contribution < -0.4 is 10.6 Å². The number of alkyl carbamates (subject to hydrolysis) is 1. The van der Waals surface area contributed by atoms with Crippen molar-refractivity contribution >= 4 is 59.8 Å². The van der Waals surface area contributed by atoms with Gasteiger partial charge >= 0.3 is 53.8 Å². The second-order valence-corrected chi connectivity index (χ2v) is 18.4. The summed E-state index contributed by atoms with van der Waals surface area (Å²) in [6, 6.07) is 13.9. The topological polar surface area (TPSA) is 306 Å². The summed E-state index contributed by atoms with van der Waals surface area (Å²) in [5.41, 5.74) is 2.86. The van der Waals surface area contributed by atoms with Crippen molar-refractivity contribution in [1.82, 2.24) is 10.6 Å². The first-order valence-corrected chi connectivity index (χ1v) is 23.5. The second-order valence-electron chi connectivity index (χ2n) is 18.4. The molecule has 3 aliphatic rings. The molecule has 11 atom stereocenters. The highest BCUT2D eigenvalue weighted by Gasteiger charge is 2.57. The largest absolute Gasteiger partial charge is 0.463 e. The SMILES string of the molecule is CC(=O)OC[C@H]1O[C@@H](O[C@H]2[C@H](OC(C)=O)[C@@H](OC(C)=O)[C@H](NC(=O)CC[C@H](NC(=O)OCC3c4ccccc4-c4ccccc43)C(=O)OC(C)(C)C)O[C@@H]2COC(C)=O)[C@H](OC(C)=O)[C@@H](OC(C)=O)[C@H]1OC(C)=O. The summed E-state index contributed by atoms with van der Waals surface area (Å²) in [7, 11) is 0. The Bertz CT molecular complexity index is 2370. The molecular weight excluding hydrogens is 981 g/mol. The summed E-state index contributed by atoms with van der Waals surface area (Å²) in [5, 5.41) is 5.05. The highest BCUT2D eigenvalue weighted by Crippen LogP contribution is 2.44. The minimum Gasteiger partial charge on any atom is -0.463 e. The number of esters is 8. The Hall–Kier alpha value is -7.18. The van der Waals surface area contributed by atoms with Crippen LogP contribution in [0.4, 0.5) is 4.79 Å². The molecule has 2 aromatic rings. The van der Waals surface area contributed by atoms with E-state index in [0.29, 0.717) is 0 Å². The molecule has 0 aromatic heterocycles. The van der Waals surface area contributed by atoms with Crippen LogP contribution in [0.3, 0.4) is 0 Å². The van der Waals surface area contributed by atoms with E-state index in [-0.39, 0.29) is 18.9 Å². The highest BCUT2D eigenvalue weighted by molar-refractivity contribution is 5.84. The summed E-state index contributed by atoms with van der Waals surface area (Å²) < 4.78 is 68.1. The monoisotopic (exact) mass is 1040 g/mol. The molecule has 24 heteroatoms. The van der Waals surface area contributed by atoms with Crippen molar-refractivity contribution in [1.29, 1.82) is 0 Å². The minimum atomic E-state index is -1.93. The number of hydrogen-bond donors (Lipinski definition) is 2. The molecule has 2 N–H and O–H groups in total. The molecule has 0 spiro atoms. The first kappa shape index (κ1) is 57.7. The number of nitrogens with one attached hydrogen (secondary N) is 2. The average Bonchev–Trinajstić information content (AvgIpc) is 3.61. The van der Waals surface area contributed by atoms with Crippen LogP contribution in [0, 0.1) is 0 Å². The number of amides is 2. The molecule has 0 saturated carbocycles. The van der Waals surface area contributed by atoms with E-state index in [1.54, 1.807) is 20.8 Å². The Balaban J connectivity index is 1.42. The summed E-state index contributed by atoms with van der Waals surface area (Å²) in [6.45, 7) is 10.5. The molecule has 24 nitrogen and oxygen atoms in total. The molecule has 0 unspecified atom stereocenters. The van der Waals surface area contributed by atoms with E-state index in [0.717, 1.165) is 70.7 Å². The number of benzene rings is 2. The van der Waals surface area contributed by atoms with Crippen LogP contribution in [0.25, 0.3) is 11.1 Å². The Morgan fingerprint density at radius 2 is 1.00 bits per heavy atom. The van der Waals surface area contributed by atoms with Crippen LogP contribution in [0.5, 0.6) is 0 Å². The van der Waals surface area contributed by atoms with Crippen molar-refractivity contribution in [2.24, 2.45) is 0 Å². The summed E-state index contributed by atoms with van der Waals surface area (Å²) in [6.07, 6.45) is -19.2. The molecule has 0 bridgehead atoms. The summed E-state index contributed by atoms with van der Waals surface area (Å²) in [5.74, 6) is -8.57. The molecule has 2 fully saturated rings. The fraction of sp³-hybridized carbons (Fsp3) is 0.560. The fourth-order valence-electron chi connectivity index (χ4n) is 8.54. The third-order valence-corrected chi connectivity index (χ3v) is 11.2. The van der Waals surface area contributed by atoms with E-state index >= 15 is 0 Å². The van der Waals surface area contributed by atoms with Crippen molar-refractivity contribution in [2.45, 2.75) is 161 Å². The minimum absolute atomic E-state index is 0.0889. The molecule has 5 rings (SSSR count). The van der Waals surface area contributed by atoms with Crippen molar-refractivity contribution in [3.05, 3.63) is 59.7 Å². The van der Waals surface area contributed by atoms with Crippen LogP contribution >= 0.6 is 0 Å². The lowest BCUT2D eigenvalue weighted by Crippen LogP contribution is -2.68. The summed E-state index contributed by atoms with van der Waals surface area (Å²) >= 11 is 0. The van der Waals surface area contributed by atoms with E-state index in [1.165, 1.54) is 0 Å². The fourth-order valence-corrected chi connectivity index (χ4v) is 8.54. The first-order valence-electron chi connectivity index (χ1n) is 23.5. The van der Waals surface area contributed by atoms with E-state index in [4.69, 9.17) is 56.8 Å². The molecule has 404 valence electrons. The van der Waals surface area contributed by atoms with Gasteiger partial charge in [-0.1, -0.05) is 48.5 Å². The zero-order valence-electron chi connectivity index (χ0n) is 42.6. The van der Waals surface area contributed by atoms with Gasteiger partial charge in [-0.05, 0) is 49.4 Å². The van der Waals surface area contributed by atoms with Gasteiger partial charge in [0, 0.05) is 60.8 Å². The standard InChI is InChI=1S/C50H62N2O22/c1-24(53)63-22-37-41(73-48-45(70-30(7)59)43(68-28(5)57)40(66-26(3)55)38(72-48)23-64-25(2)54)42(67-27(4)56)44(69-29(6)58)46(71-37)52-39(60)20-19-36(47(61)74-50(8,9)10)51-49(62)65-21-35-33-17-13-11-15-31(33)32-16-12-14-18-34(32)35/h11-18,35-38,40-46,48H,19-23H2,1-10H3,(H,51,62)(H,52,60)/t36-,37+,38+,40-,41+,42-,43-,44+,45+,46+,48-/m0/s1. The molecule has 2 heterocycles. The molecule has 2 amide bonds. The number of ether oxygens (including phenoxy) is 12. The van der Waals surface area contributed by atoms with Gasteiger partial charge < -0.3 is 67.5 Å². The van der Waals surface area contributed by atoms with Gasteiger partial charge in [0.1, 0.15) is 49.8 Å². The van der Waals surface area contributed by atoms with E-state index in [9.17, 15) is 47.9 Å². The van der Waals surface area contributed by atoms with Gasteiger partial charge in [0.2, 0.25) is 5.91 Å². The third kappa shape index (κ3) is 16.2. The molecule has 1 aliphatic carbocycles. The number of hydrogen-bond acceptors (Lipinski definition) is 22. The zero-order valence-corrected chi connectivity index (χ0v) is 42.6. The van der Waals surface area contributed by atoms with Crippen molar-refractivity contribution in [3.8, 4) is 11.1 Å². The molecule has 2 aromatic carbocycles. The molecule has 74 heavy (non-hydrogen) atoms. The zero-order chi connectivity index (χ0) is 54.6. The van der Waals surface area contributed by atoms with Crippen LogP contribution in [0.1, 0.15) is 99.1 Å². The van der Waals surface area contributed by atoms with Crippen molar-refractivity contribution < 1.29 is 105 Å². The van der Waals surface area contributed by atoms with Crippen LogP contribution in [0.15, 0.2) is 48.5 Å². The van der Waals surface area contributed by atoms with E-state index < -0.39 is 152 Å². The number of carbonyl (C=O) groups excluding carboxylic acids is 10. The van der Waals surface area contributed by atoms with Gasteiger partial charge in [0.25, 0.3) is 0 Å². The van der Waals surface area contributed by atoms with Gasteiger partial charge in [0.05, 0.1) is 0 Å². The van der Waals surface area contributed by atoms with Crippen molar-refractivity contribution in [3.63, 3.8) is 0 Å². The lowest BCUT2D eigenvalue weighted by atomic mass is 9.95. The predicted molar refractivity (Wildman–Crippen MR) is 248 cm³/mol. The Labute approximate surface area is 425 Å². The number of rotatable bonds is 19.